The SMILES string of the molecule is CCOC(=O)COc1ccc(/C=N/NC(=O)c2ccc(COc3ccc(-n4c(C)ccc4C)cc3)o2)cc1. The molecule has 9 heteroatoms. The lowest BCUT2D eigenvalue weighted by atomic mass is 10.2. The van der Waals surface area contributed by atoms with Crippen molar-refractivity contribution in [1.82, 2.24) is 9.99 Å². The number of furan rings is 1. The van der Waals surface area contributed by atoms with E-state index >= 15 is 0 Å². The number of rotatable bonds is 11. The third-order valence-electron chi connectivity index (χ3n) is 5.55. The number of carbonyl (C=O) groups excluding carboxylic acids is 2. The Morgan fingerprint density at radius 2 is 1.55 bits per heavy atom. The number of esters is 1. The van der Waals surface area contributed by atoms with Crippen LogP contribution in [0, 0.1) is 13.8 Å². The Morgan fingerprint density at radius 1 is 0.895 bits per heavy atom. The summed E-state index contributed by atoms with van der Waals surface area (Å²) < 4.78 is 23.7. The zero-order chi connectivity index (χ0) is 26.9. The molecule has 0 radical (unpaired) electrons. The second-order valence-corrected chi connectivity index (χ2v) is 8.36. The fourth-order valence-electron chi connectivity index (χ4n) is 3.71. The van der Waals surface area contributed by atoms with Gasteiger partial charge in [0, 0.05) is 17.1 Å². The predicted octanol–water partition coefficient (Wildman–Crippen LogP) is 4.97. The first-order valence-electron chi connectivity index (χ1n) is 12.1. The maximum atomic E-state index is 12.4. The molecule has 1 N–H and O–H groups in total. The number of amides is 1. The van der Waals surface area contributed by atoms with E-state index in [-0.39, 0.29) is 19.0 Å². The number of carbonyl (C=O) groups is 2. The minimum atomic E-state index is -0.483. The smallest absolute Gasteiger partial charge is 0.344 e. The molecule has 1 amide bonds. The zero-order valence-electron chi connectivity index (χ0n) is 21.5. The van der Waals surface area contributed by atoms with Crippen molar-refractivity contribution in [3.05, 3.63) is 101 Å². The van der Waals surface area contributed by atoms with Crippen molar-refractivity contribution >= 4 is 18.1 Å². The lowest BCUT2D eigenvalue weighted by molar-refractivity contribution is -0.145. The molecule has 2 aromatic carbocycles. The average Bonchev–Trinajstić information content (AvgIpc) is 3.53. The molecule has 0 saturated heterocycles. The molecule has 0 aliphatic heterocycles. The van der Waals surface area contributed by atoms with Crippen LogP contribution in [0.25, 0.3) is 5.69 Å². The van der Waals surface area contributed by atoms with Gasteiger partial charge in [-0.05, 0) is 99.1 Å². The number of aromatic nitrogens is 1. The van der Waals surface area contributed by atoms with E-state index in [4.69, 9.17) is 18.6 Å². The molecule has 0 unspecified atom stereocenters. The molecular weight excluding hydrogens is 486 g/mol. The molecular formula is C29H29N3O6. The quantitative estimate of drug-likeness (QED) is 0.172. The third kappa shape index (κ3) is 6.91. The number of benzene rings is 2. The molecule has 0 spiro atoms. The van der Waals surface area contributed by atoms with E-state index in [1.54, 1.807) is 43.3 Å². The van der Waals surface area contributed by atoms with Crippen LogP contribution in [0.3, 0.4) is 0 Å². The molecule has 4 aromatic rings. The highest BCUT2D eigenvalue weighted by atomic mass is 16.6. The Morgan fingerprint density at radius 3 is 2.24 bits per heavy atom. The van der Waals surface area contributed by atoms with Crippen LogP contribution in [0.15, 0.2) is 82.3 Å². The van der Waals surface area contributed by atoms with Crippen LogP contribution in [0.5, 0.6) is 11.5 Å². The summed E-state index contributed by atoms with van der Waals surface area (Å²) in [5.74, 6) is 0.938. The second kappa shape index (κ2) is 12.4. The van der Waals surface area contributed by atoms with Crippen LogP contribution in [-0.4, -0.2) is 35.9 Å². The predicted molar refractivity (Wildman–Crippen MR) is 142 cm³/mol. The van der Waals surface area contributed by atoms with Crippen molar-refractivity contribution in [2.45, 2.75) is 27.4 Å². The number of hydrazone groups is 1. The highest BCUT2D eigenvalue weighted by Crippen LogP contribution is 2.21. The van der Waals surface area contributed by atoms with Gasteiger partial charge in [-0.2, -0.15) is 5.10 Å². The van der Waals surface area contributed by atoms with E-state index in [1.807, 2.05) is 24.3 Å². The maximum Gasteiger partial charge on any atom is 0.344 e. The van der Waals surface area contributed by atoms with Gasteiger partial charge in [-0.3, -0.25) is 4.79 Å². The summed E-state index contributed by atoms with van der Waals surface area (Å²) in [5.41, 5.74) is 6.56. The van der Waals surface area contributed by atoms with Gasteiger partial charge >= 0.3 is 11.9 Å². The Labute approximate surface area is 220 Å². The largest absolute Gasteiger partial charge is 0.486 e. The normalized spacial score (nSPS) is 10.9. The van der Waals surface area contributed by atoms with Crippen molar-refractivity contribution < 1.29 is 28.2 Å². The van der Waals surface area contributed by atoms with Crippen molar-refractivity contribution in [2.75, 3.05) is 13.2 Å². The van der Waals surface area contributed by atoms with Gasteiger partial charge in [0.2, 0.25) is 0 Å². The summed E-state index contributed by atoms with van der Waals surface area (Å²) in [6, 6.07) is 22.1. The van der Waals surface area contributed by atoms with Gasteiger partial charge in [0.1, 0.15) is 23.9 Å². The van der Waals surface area contributed by atoms with Gasteiger partial charge in [-0.25, -0.2) is 10.2 Å². The number of ether oxygens (including phenoxy) is 3. The summed E-state index contributed by atoms with van der Waals surface area (Å²) in [5, 5.41) is 3.96. The summed E-state index contributed by atoms with van der Waals surface area (Å²) in [4.78, 5) is 23.7. The minimum absolute atomic E-state index is 0.123. The Balaban J connectivity index is 1.24. The van der Waals surface area contributed by atoms with Gasteiger partial charge < -0.3 is 23.2 Å². The molecule has 0 bridgehead atoms. The molecule has 0 saturated carbocycles. The molecule has 0 fully saturated rings. The minimum Gasteiger partial charge on any atom is -0.486 e. The van der Waals surface area contributed by atoms with Gasteiger partial charge in [0.05, 0.1) is 12.8 Å². The second-order valence-electron chi connectivity index (χ2n) is 8.36. The van der Waals surface area contributed by atoms with Gasteiger partial charge in [-0.15, -0.1) is 0 Å². The number of nitrogens with zero attached hydrogens (tertiary/aromatic N) is 2. The van der Waals surface area contributed by atoms with Crippen LogP contribution in [-0.2, 0) is 16.1 Å². The summed E-state index contributed by atoms with van der Waals surface area (Å²) in [6.07, 6.45) is 1.49. The highest BCUT2D eigenvalue weighted by Gasteiger charge is 2.11. The summed E-state index contributed by atoms with van der Waals surface area (Å²) in [6.45, 7) is 6.20. The standard InChI is InChI=1S/C29H29N3O6/c1-4-35-28(33)19-37-24-11-7-22(8-12-24)17-30-31-29(34)27-16-15-26(38-27)18-36-25-13-9-23(10-14-25)32-20(2)5-6-21(32)3/h5-17H,4,18-19H2,1-3H3,(H,31,34)/b30-17+. The maximum absolute atomic E-state index is 12.4. The van der Waals surface area contributed by atoms with Crippen molar-refractivity contribution in [2.24, 2.45) is 5.10 Å². The number of aryl methyl sites for hydroxylation is 2. The van der Waals surface area contributed by atoms with Crippen molar-refractivity contribution in [3.63, 3.8) is 0 Å². The third-order valence-corrected chi connectivity index (χ3v) is 5.55. The fourth-order valence-corrected chi connectivity index (χ4v) is 3.71. The topological polar surface area (TPSA) is 104 Å². The van der Waals surface area contributed by atoms with E-state index in [9.17, 15) is 9.59 Å². The van der Waals surface area contributed by atoms with E-state index in [0.29, 0.717) is 23.9 Å². The Hall–Kier alpha value is -4.79. The molecule has 0 aliphatic carbocycles. The van der Waals surface area contributed by atoms with Crippen LogP contribution in [0.2, 0.25) is 0 Å². The lowest BCUT2D eigenvalue weighted by Crippen LogP contribution is -2.16. The first-order valence-corrected chi connectivity index (χ1v) is 12.1. The van der Waals surface area contributed by atoms with Gasteiger partial charge in [0.25, 0.3) is 0 Å². The molecule has 2 heterocycles. The van der Waals surface area contributed by atoms with Gasteiger partial charge in [0.15, 0.2) is 12.4 Å². The van der Waals surface area contributed by atoms with E-state index in [0.717, 1.165) is 22.6 Å². The number of hydrogen-bond donors (Lipinski definition) is 1. The van der Waals surface area contributed by atoms with E-state index in [1.165, 1.54) is 6.21 Å². The Kier molecular flexibility index (Phi) is 8.61. The molecule has 9 nitrogen and oxygen atoms in total. The summed E-state index contributed by atoms with van der Waals surface area (Å²) >= 11 is 0. The summed E-state index contributed by atoms with van der Waals surface area (Å²) in [7, 11) is 0. The molecule has 2 aromatic heterocycles. The fraction of sp³-hybridized carbons (Fsp3) is 0.207. The number of hydrogen-bond acceptors (Lipinski definition) is 7. The van der Waals surface area contributed by atoms with Crippen LogP contribution >= 0.6 is 0 Å². The van der Waals surface area contributed by atoms with E-state index in [2.05, 4.69) is 41.1 Å². The molecule has 0 atom stereocenters. The van der Waals surface area contributed by atoms with Gasteiger partial charge in [-0.1, -0.05) is 0 Å². The van der Waals surface area contributed by atoms with Crippen LogP contribution in [0.1, 0.15) is 40.2 Å². The monoisotopic (exact) mass is 515 g/mol. The van der Waals surface area contributed by atoms with Crippen LogP contribution in [0.4, 0.5) is 0 Å². The average molecular weight is 516 g/mol. The molecule has 4 rings (SSSR count). The van der Waals surface area contributed by atoms with Crippen LogP contribution < -0.4 is 14.9 Å². The first-order chi connectivity index (χ1) is 18.4. The molecule has 0 aliphatic rings. The Bertz CT molecular complexity index is 1380. The molecule has 38 heavy (non-hydrogen) atoms. The van der Waals surface area contributed by atoms with Crippen molar-refractivity contribution in [1.29, 1.82) is 0 Å². The highest BCUT2D eigenvalue weighted by molar-refractivity contribution is 5.92. The van der Waals surface area contributed by atoms with Crippen molar-refractivity contribution in [3.8, 4) is 17.2 Å². The first kappa shape index (κ1) is 26.3. The molecule has 196 valence electrons. The van der Waals surface area contributed by atoms with E-state index < -0.39 is 11.9 Å². The zero-order valence-corrected chi connectivity index (χ0v) is 21.5. The lowest BCUT2D eigenvalue weighted by Gasteiger charge is -2.10. The number of nitrogens with one attached hydrogen (secondary N) is 1.